The number of rotatable bonds is 2. The van der Waals surface area contributed by atoms with Gasteiger partial charge in [-0.1, -0.05) is 43.7 Å². The predicted molar refractivity (Wildman–Crippen MR) is 72.0 cm³/mol. The van der Waals surface area contributed by atoms with Crippen LogP contribution >= 0.6 is 0 Å². The van der Waals surface area contributed by atoms with Gasteiger partial charge in [-0.05, 0) is 25.7 Å². The average molecular weight is 264 g/mol. The average Bonchev–Trinajstić information content (AvgIpc) is 2.75. The Morgan fingerprint density at radius 2 is 1.58 bits per heavy atom. The minimum atomic E-state index is -0.295. The van der Waals surface area contributed by atoms with E-state index in [0.717, 1.165) is 31.5 Å². The van der Waals surface area contributed by atoms with Gasteiger partial charge in [0, 0.05) is 5.92 Å². The molecule has 2 atom stereocenters. The zero-order chi connectivity index (χ0) is 13.1. The number of hydrogen-bond donors (Lipinski definition) is 1. The fourth-order valence-corrected chi connectivity index (χ4v) is 3.50. The first-order valence-electron chi connectivity index (χ1n) is 7.86. The van der Waals surface area contributed by atoms with Crippen LogP contribution < -0.4 is 0 Å². The van der Waals surface area contributed by atoms with Crippen molar-refractivity contribution in [1.29, 1.82) is 0 Å². The van der Waals surface area contributed by atoms with E-state index in [-0.39, 0.29) is 12.0 Å². The van der Waals surface area contributed by atoms with Crippen LogP contribution in [0.4, 0.5) is 0 Å². The molecule has 19 heavy (non-hydrogen) atoms. The Labute approximate surface area is 114 Å². The highest BCUT2D eigenvalue weighted by Gasteiger charge is 2.30. The second-order valence-corrected chi connectivity index (χ2v) is 6.14. The molecule has 0 aromatic carbocycles. The highest BCUT2D eigenvalue weighted by molar-refractivity contribution is 5.02. The molecular formula is C15H24N2O2. The van der Waals surface area contributed by atoms with Crippen LogP contribution in [-0.2, 0) is 0 Å². The van der Waals surface area contributed by atoms with Crippen LogP contribution in [0.1, 0.15) is 87.8 Å². The van der Waals surface area contributed by atoms with Gasteiger partial charge >= 0.3 is 0 Å². The van der Waals surface area contributed by atoms with E-state index in [1.54, 1.807) is 0 Å². The Morgan fingerprint density at radius 3 is 2.32 bits per heavy atom. The molecule has 1 aromatic rings. The molecule has 2 aliphatic rings. The molecule has 2 unspecified atom stereocenters. The molecule has 3 rings (SSSR count). The second kappa shape index (κ2) is 6.04. The molecule has 0 radical (unpaired) electrons. The molecular weight excluding hydrogens is 240 g/mol. The maximum absolute atomic E-state index is 10.1. The van der Waals surface area contributed by atoms with Gasteiger partial charge in [0.05, 0.1) is 12.0 Å². The lowest BCUT2D eigenvalue weighted by molar-refractivity contribution is 0.0908. The van der Waals surface area contributed by atoms with Crippen LogP contribution in [-0.4, -0.2) is 21.4 Å². The molecule has 4 nitrogen and oxygen atoms in total. The molecule has 1 aromatic heterocycles. The van der Waals surface area contributed by atoms with Gasteiger partial charge in [0.15, 0.2) is 5.82 Å². The van der Waals surface area contributed by atoms with Crippen molar-refractivity contribution in [2.45, 2.75) is 82.1 Å². The molecule has 0 saturated heterocycles. The summed E-state index contributed by atoms with van der Waals surface area (Å²) in [6.45, 7) is 0. The molecule has 0 amide bonds. The van der Waals surface area contributed by atoms with Gasteiger partial charge in [-0.3, -0.25) is 0 Å². The summed E-state index contributed by atoms with van der Waals surface area (Å²) in [5.74, 6) is 2.10. The van der Waals surface area contributed by atoms with Crippen molar-refractivity contribution in [1.82, 2.24) is 10.1 Å². The van der Waals surface area contributed by atoms with E-state index >= 15 is 0 Å². The van der Waals surface area contributed by atoms with E-state index in [1.807, 2.05) is 0 Å². The number of hydrogen-bond acceptors (Lipinski definition) is 4. The maximum atomic E-state index is 10.1. The minimum Gasteiger partial charge on any atom is -0.392 e. The second-order valence-electron chi connectivity index (χ2n) is 6.14. The van der Waals surface area contributed by atoms with E-state index in [9.17, 15) is 5.11 Å². The minimum absolute atomic E-state index is 0.0702. The van der Waals surface area contributed by atoms with Gasteiger partial charge in [-0.2, -0.15) is 4.98 Å². The van der Waals surface area contributed by atoms with Gasteiger partial charge in [0.2, 0.25) is 5.89 Å². The van der Waals surface area contributed by atoms with E-state index in [2.05, 4.69) is 10.1 Å². The summed E-state index contributed by atoms with van der Waals surface area (Å²) < 4.78 is 5.45. The van der Waals surface area contributed by atoms with Crippen molar-refractivity contribution >= 4 is 0 Å². The largest absolute Gasteiger partial charge is 0.392 e. The van der Waals surface area contributed by atoms with Gasteiger partial charge in [0.25, 0.3) is 0 Å². The summed E-state index contributed by atoms with van der Waals surface area (Å²) in [6.07, 6.45) is 11.4. The third kappa shape index (κ3) is 2.99. The molecule has 2 saturated carbocycles. The van der Waals surface area contributed by atoms with Crippen molar-refractivity contribution in [2.75, 3.05) is 0 Å². The molecule has 0 aliphatic heterocycles. The van der Waals surface area contributed by atoms with E-state index in [0.29, 0.717) is 11.8 Å². The summed E-state index contributed by atoms with van der Waals surface area (Å²) in [6, 6.07) is 0. The first-order chi connectivity index (χ1) is 9.34. The summed E-state index contributed by atoms with van der Waals surface area (Å²) in [5.41, 5.74) is 0. The van der Waals surface area contributed by atoms with Crippen molar-refractivity contribution < 1.29 is 9.63 Å². The molecule has 1 N–H and O–H groups in total. The fraction of sp³-hybridized carbons (Fsp3) is 0.867. The fourth-order valence-electron chi connectivity index (χ4n) is 3.50. The van der Waals surface area contributed by atoms with E-state index in [4.69, 9.17) is 4.52 Å². The quantitative estimate of drug-likeness (QED) is 0.830. The Balaban J connectivity index is 1.71. The number of nitrogens with zero attached hydrogens (tertiary/aromatic N) is 2. The van der Waals surface area contributed by atoms with Gasteiger partial charge in [0.1, 0.15) is 0 Å². The highest BCUT2D eigenvalue weighted by Crippen LogP contribution is 2.34. The Morgan fingerprint density at radius 1 is 0.895 bits per heavy atom. The number of aliphatic hydroxyl groups is 1. The summed E-state index contributed by atoms with van der Waals surface area (Å²) >= 11 is 0. The van der Waals surface area contributed by atoms with Crippen LogP contribution in [0.25, 0.3) is 0 Å². The first-order valence-corrected chi connectivity index (χ1v) is 7.86. The summed E-state index contributed by atoms with van der Waals surface area (Å²) in [4.78, 5) is 4.61. The highest BCUT2D eigenvalue weighted by atomic mass is 16.5. The monoisotopic (exact) mass is 264 g/mol. The van der Waals surface area contributed by atoms with E-state index < -0.39 is 0 Å². The normalized spacial score (nSPS) is 30.2. The molecule has 0 spiro atoms. The van der Waals surface area contributed by atoms with Gasteiger partial charge < -0.3 is 9.63 Å². The number of aliphatic hydroxyl groups excluding tert-OH is 1. The van der Waals surface area contributed by atoms with Crippen molar-refractivity contribution in [3.05, 3.63) is 11.7 Å². The standard InChI is InChI=1S/C15H24N2O2/c18-13-10-6-5-9-12(13)15-16-14(17-19-15)11-7-3-1-2-4-8-11/h11-13,18H,1-10H2. The molecule has 0 bridgehead atoms. The Kier molecular flexibility index (Phi) is 4.16. The third-order valence-electron chi connectivity index (χ3n) is 4.72. The number of aromatic nitrogens is 2. The van der Waals surface area contributed by atoms with Crippen LogP contribution in [0, 0.1) is 0 Å². The van der Waals surface area contributed by atoms with Crippen LogP contribution in [0.2, 0.25) is 0 Å². The topological polar surface area (TPSA) is 59.2 Å². The van der Waals surface area contributed by atoms with Crippen molar-refractivity contribution in [2.24, 2.45) is 0 Å². The lowest BCUT2D eigenvalue weighted by Crippen LogP contribution is -2.22. The van der Waals surface area contributed by atoms with Gasteiger partial charge in [-0.25, -0.2) is 0 Å². The molecule has 106 valence electrons. The Bertz CT molecular complexity index is 397. The van der Waals surface area contributed by atoms with Crippen LogP contribution in [0.15, 0.2) is 4.52 Å². The summed E-state index contributed by atoms with van der Waals surface area (Å²) in [7, 11) is 0. The molecule has 4 heteroatoms. The van der Waals surface area contributed by atoms with Crippen LogP contribution in [0.5, 0.6) is 0 Å². The predicted octanol–water partition coefficient (Wildman–Crippen LogP) is 3.53. The smallest absolute Gasteiger partial charge is 0.232 e. The Hall–Kier alpha value is -0.900. The molecule has 2 fully saturated rings. The molecule has 1 heterocycles. The van der Waals surface area contributed by atoms with Gasteiger partial charge in [-0.15, -0.1) is 0 Å². The molecule has 2 aliphatic carbocycles. The zero-order valence-corrected chi connectivity index (χ0v) is 11.6. The summed E-state index contributed by atoms with van der Waals surface area (Å²) in [5, 5.41) is 14.3. The van der Waals surface area contributed by atoms with E-state index in [1.165, 1.54) is 38.5 Å². The lowest BCUT2D eigenvalue weighted by atomic mass is 9.86. The zero-order valence-electron chi connectivity index (χ0n) is 11.6. The first kappa shape index (κ1) is 13.1. The maximum Gasteiger partial charge on any atom is 0.232 e. The lowest BCUT2D eigenvalue weighted by Gasteiger charge is -2.24. The SMILES string of the molecule is OC1CCCCC1c1nc(C2CCCCCC2)no1. The third-order valence-corrected chi connectivity index (χ3v) is 4.72. The van der Waals surface area contributed by atoms with Crippen molar-refractivity contribution in [3.8, 4) is 0 Å². The van der Waals surface area contributed by atoms with Crippen molar-refractivity contribution in [3.63, 3.8) is 0 Å². The van der Waals surface area contributed by atoms with Crippen LogP contribution in [0.3, 0.4) is 0 Å².